The molecule has 0 aromatic heterocycles. The van der Waals surface area contributed by atoms with Crippen LogP contribution in [0.15, 0.2) is 97.1 Å². The molecule has 34 heavy (non-hydrogen) atoms. The van der Waals surface area contributed by atoms with E-state index in [0.717, 1.165) is 16.3 Å². The third-order valence-electron chi connectivity index (χ3n) is 5.92. The van der Waals surface area contributed by atoms with Gasteiger partial charge in [0.05, 0.1) is 18.5 Å². The summed E-state index contributed by atoms with van der Waals surface area (Å²) < 4.78 is 26.8. The molecule has 1 N–H and O–H groups in total. The van der Waals surface area contributed by atoms with Crippen LogP contribution in [0.4, 0.5) is 5.69 Å². The van der Waals surface area contributed by atoms with Gasteiger partial charge in [0, 0.05) is 17.5 Å². The van der Waals surface area contributed by atoms with E-state index < -0.39 is 10.0 Å². The molecule has 4 aromatic carbocycles. The molecular formula is C28H28N2O3S. The zero-order chi connectivity index (χ0) is 24.1. The quantitative estimate of drug-likeness (QED) is 0.376. The Morgan fingerprint density at radius 3 is 2.21 bits per heavy atom. The Morgan fingerprint density at radius 1 is 0.853 bits per heavy atom. The van der Waals surface area contributed by atoms with Crippen LogP contribution in [-0.2, 0) is 16.6 Å². The second kappa shape index (κ2) is 10.1. The highest BCUT2D eigenvalue weighted by Crippen LogP contribution is 2.29. The number of benzene rings is 4. The van der Waals surface area contributed by atoms with Crippen molar-refractivity contribution in [2.45, 2.75) is 19.4 Å². The number of hydrogen-bond acceptors (Lipinski definition) is 3. The highest BCUT2D eigenvalue weighted by Gasteiger charge is 2.20. The number of sulfonamides is 1. The maximum atomic E-state index is 12.7. The van der Waals surface area contributed by atoms with Crippen molar-refractivity contribution in [3.63, 3.8) is 0 Å². The third kappa shape index (κ3) is 5.46. The monoisotopic (exact) mass is 472 g/mol. The molecule has 0 heterocycles. The minimum atomic E-state index is -3.52. The van der Waals surface area contributed by atoms with E-state index in [9.17, 15) is 13.2 Å². The molecule has 0 spiro atoms. The van der Waals surface area contributed by atoms with E-state index in [1.807, 2.05) is 60.7 Å². The average molecular weight is 473 g/mol. The number of anilines is 1. The molecule has 1 atom stereocenters. The van der Waals surface area contributed by atoms with Crippen molar-refractivity contribution in [3.05, 3.63) is 114 Å². The van der Waals surface area contributed by atoms with E-state index in [-0.39, 0.29) is 18.4 Å². The smallest absolute Gasteiger partial charge is 0.251 e. The Bertz CT molecular complexity index is 1380. The first-order valence-corrected chi connectivity index (χ1v) is 13.1. The van der Waals surface area contributed by atoms with Crippen LogP contribution in [0.3, 0.4) is 0 Å². The number of rotatable bonds is 8. The fourth-order valence-corrected chi connectivity index (χ4v) is 4.88. The molecule has 0 saturated carbocycles. The predicted octanol–water partition coefficient (Wildman–Crippen LogP) is 5.34. The molecule has 0 unspecified atom stereocenters. The van der Waals surface area contributed by atoms with Gasteiger partial charge in [0.15, 0.2) is 0 Å². The number of hydrogen-bond donors (Lipinski definition) is 1. The van der Waals surface area contributed by atoms with Gasteiger partial charge in [-0.3, -0.25) is 9.10 Å². The molecule has 4 rings (SSSR count). The first-order chi connectivity index (χ1) is 16.3. The van der Waals surface area contributed by atoms with Gasteiger partial charge in [0.1, 0.15) is 0 Å². The van der Waals surface area contributed by atoms with E-state index in [1.165, 1.54) is 16.1 Å². The fraction of sp³-hybridized carbons (Fsp3) is 0.179. The van der Waals surface area contributed by atoms with Crippen LogP contribution in [0.25, 0.3) is 10.8 Å². The summed E-state index contributed by atoms with van der Waals surface area (Å²) in [5.41, 5.74) is 3.15. The number of nitrogens with zero attached hydrogens (tertiary/aromatic N) is 1. The lowest BCUT2D eigenvalue weighted by Gasteiger charge is -2.24. The summed E-state index contributed by atoms with van der Waals surface area (Å²) >= 11 is 0. The van der Waals surface area contributed by atoms with Gasteiger partial charge in [-0.05, 0) is 40.6 Å². The van der Waals surface area contributed by atoms with Gasteiger partial charge < -0.3 is 5.32 Å². The molecule has 0 radical (unpaired) electrons. The lowest BCUT2D eigenvalue weighted by Crippen LogP contribution is -2.29. The predicted molar refractivity (Wildman–Crippen MR) is 139 cm³/mol. The van der Waals surface area contributed by atoms with E-state index in [1.54, 1.807) is 24.3 Å². The summed E-state index contributed by atoms with van der Waals surface area (Å²) in [6, 6.07) is 30.5. The molecule has 174 valence electrons. The van der Waals surface area contributed by atoms with Crippen molar-refractivity contribution >= 4 is 32.4 Å². The molecule has 4 aromatic rings. The number of fused-ring (bicyclic) bond motifs is 1. The van der Waals surface area contributed by atoms with E-state index >= 15 is 0 Å². The van der Waals surface area contributed by atoms with Crippen LogP contribution in [-0.4, -0.2) is 27.1 Å². The van der Waals surface area contributed by atoms with Gasteiger partial charge in [-0.2, -0.15) is 0 Å². The number of carbonyl (C=O) groups is 1. The zero-order valence-electron chi connectivity index (χ0n) is 19.3. The Hall–Kier alpha value is -3.64. The van der Waals surface area contributed by atoms with Gasteiger partial charge >= 0.3 is 0 Å². The second-order valence-corrected chi connectivity index (χ2v) is 10.4. The van der Waals surface area contributed by atoms with E-state index in [0.29, 0.717) is 17.8 Å². The molecule has 6 heteroatoms. The summed E-state index contributed by atoms with van der Waals surface area (Å²) in [6.45, 7) is 2.79. The van der Waals surface area contributed by atoms with Gasteiger partial charge in [-0.15, -0.1) is 0 Å². The van der Waals surface area contributed by atoms with Crippen molar-refractivity contribution in [1.82, 2.24) is 5.32 Å². The van der Waals surface area contributed by atoms with Crippen LogP contribution in [0, 0.1) is 0 Å². The topological polar surface area (TPSA) is 66.5 Å². The number of carbonyl (C=O) groups excluding carboxylic acids is 1. The third-order valence-corrected chi connectivity index (χ3v) is 7.04. The molecule has 5 nitrogen and oxygen atoms in total. The van der Waals surface area contributed by atoms with E-state index in [4.69, 9.17) is 0 Å². The summed E-state index contributed by atoms with van der Waals surface area (Å²) in [7, 11) is -3.52. The first-order valence-electron chi connectivity index (χ1n) is 11.2. The Morgan fingerprint density at radius 2 is 1.50 bits per heavy atom. The van der Waals surface area contributed by atoms with Gasteiger partial charge in [-0.25, -0.2) is 8.42 Å². The number of nitrogens with one attached hydrogen (secondary N) is 1. The summed E-state index contributed by atoms with van der Waals surface area (Å²) in [5, 5.41) is 4.83. The van der Waals surface area contributed by atoms with Crippen LogP contribution in [0.1, 0.15) is 34.3 Å². The maximum Gasteiger partial charge on any atom is 0.251 e. The second-order valence-electron chi connectivity index (χ2n) is 8.49. The van der Waals surface area contributed by atoms with Crippen molar-refractivity contribution in [2.75, 3.05) is 17.1 Å². The van der Waals surface area contributed by atoms with Crippen LogP contribution >= 0.6 is 0 Å². The Balaban J connectivity index is 1.48. The fourth-order valence-electron chi connectivity index (χ4n) is 3.98. The molecule has 0 aliphatic carbocycles. The molecular weight excluding hydrogens is 444 g/mol. The van der Waals surface area contributed by atoms with Crippen LogP contribution in [0.5, 0.6) is 0 Å². The largest absolute Gasteiger partial charge is 0.351 e. The minimum Gasteiger partial charge on any atom is -0.351 e. The highest BCUT2D eigenvalue weighted by molar-refractivity contribution is 7.92. The number of amides is 1. The summed E-state index contributed by atoms with van der Waals surface area (Å²) in [5.74, 6) is 0.0526. The lowest BCUT2D eigenvalue weighted by molar-refractivity contribution is 0.0951. The molecule has 0 fully saturated rings. The average Bonchev–Trinajstić information content (AvgIpc) is 2.85. The lowest BCUT2D eigenvalue weighted by atomic mass is 10.0. The van der Waals surface area contributed by atoms with E-state index in [2.05, 4.69) is 24.4 Å². The normalized spacial score (nSPS) is 12.3. The van der Waals surface area contributed by atoms with Gasteiger partial charge in [-0.1, -0.05) is 85.8 Å². The Kier molecular flexibility index (Phi) is 6.98. The standard InChI is InChI=1S/C28H28N2O3S/c1-21(23-9-4-3-5-10-23)19-29-28(31)25-17-15-22(16-18-25)20-30(34(2,32)33)27-14-8-12-24-11-6-7-13-26(24)27/h3-18,21H,19-20H2,1-2H3,(H,29,31)/t21-/m1/s1. The first kappa shape index (κ1) is 23.5. The molecule has 0 aliphatic heterocycles. The summed E-state index contributed by atoms with van der Waals surface area (Å²) in [4.78, 5) is 12.6. The van der Waals surface area contributed by atoms with Crippen LogP contribution < -0.4 is 9.62 Å². The molecule has 0 aliphatic rings. The minimum absolute atomic E-state index is 0.150. The van der Waals surface area contributed by atoms with Gasteiger partial charge in [0.2, 0.25) is 10.0 Å². The Labute approximate surface area is 201 Å². The van der Waals surface area contributed by atoms with Crippen LogP contribution in [0.2, 0.25) is 0 Å². The van der Waals surface area contributed by atoms with Crippen molar-refractivity contribution in [2.24, 2.45) is 0 Å². The molecule has 1 amide bonds. The van der Waals surface area contributed by atoms with Crippen molar-refractivity contribution < 1.29 is 13.2 Å². The SMILES string of the molecule is C[C@H](CNC(=O)c1ccc(CN(c2cccc3ccccc23)S(C)(=O)=O)cc1)c1ccccc1. The van der Waals surface area contributed by atoms with Crippen molar-refractivity contribution in [3.8, 4) is 0 Å². The summed E-state index contributed by atoms with van der Waals surface area (Å²) in [6.07, 6.45) is 1.21. The molecule has 0 saturated heterocycles. The zero-order valence-corrected chi connectivity index (χ0v) is 20.1. The van der Waals surface area contributed by atoms with Gasteiger partial charge in [0.25, 0.3) is 5.91 Å². The maximum absolute atomic E-state index is 12.7. The molecule has 0 bridgehead atoms. The highest BCUT2D eigenvalue weighted by atomic mass is 32.2. The van der Waals surface area contributed by atoms with Crippen molar-refractivity contribution in [1.29, 1.82) is 0 Å².